The van der Waals surface area contributed by atoms with E-state index in [0.29, 0.717) is 31.7 Å². The minimum Gasteiger partial charge on any atom is -0.481 e. The average molecular weight is 1280 g/mol. The van der Waals surface area contributed by atoms with Gasteiger partial charge in [0.25, 0.3) is 17.7 Å². The second-order valence-electron chi connectivity index (χ2n) is 23.2. The normalized spacial score (nSPS) is 15.5. The second-order valence-corrected chi connectivity index (χ2v) is 23.2. The maximum Gasteiger partial charge on any atom is 0.305 e. The molecule has 0 rings (SSSR count). The van der Waals surface area contributed by atoms with E-state index in [9.17, 15) is 77.3 Å². The van der Waals surface area contributed by atoms with E-state index in [1.807, 2.05) is 0 Å². The number of carbonyl (C=O) groups is 14. The van der Waals surface area contributed by atoms with Crippen molar-refractivity contribution in [3.05, 3.63) is 25.3 Å². The monoisotopic (exact) mass is 1280 g/mol. The molecule has 0 aromatic rings. The topological polar surface area (TPSA) is 500 Å². The van der Waals surface area contributed by atoms with Gasteiger partial charge >= 0.3 is 11.9 Å². The highest BCUT2D eigenvalue weighted by Gasteiger charge is 2.42. The molecular formula is C58H100N16O16. The zero-order valence-electron chi connectivity index (χ0n) is 53.5. The average Bonchev–Trinajstić information content (AvgIpc) is 0.969. The highest BCUT2D eigenvalue weighted by Crippen LogP contribution is 2.18. The first kappa shape index (κ1) is 81.8. The number of aldehydes is 3. The van der Waals surface area contributed by atoms with Gasteiger partial charge in [0, 0.05) is 20.0 Å². The molecule has 2 unspecified atom stereocenters. The van der Waals surface area contributed by atoms with Crippen LogP contribution in [0.2, 0.25) is 0 Å². The fraction of sp³-hybridized carbons (Fsp3) is 0.672. The van der Waals surface area contributed by atoms with Gasteiger partial charge in [-0.1, -0.05) is 53.7 Å². The van der Waals surface area contributed by atoms with Crippen molar-refractivity contribution < 1.29 is 77.3 Å². The molecule has 32 nitrogen and oxygen atoms in total. The number of aliphatic imine (C=N–C) groups is 1. The molecule has 0 radical (unpaired) electrons. The Morgan fingerprint density at radius 1 is 0.556 bits per heavy atom. The second kappa shape index (κ2) is 42.7. The number of allylic oxidation sites excluding steroid dienone is 2. The molecule has 0 saturated heterocycles. The molecule has 0 aromatic heterocycles. The number of nitrogens with zero attached hydrogens (tertiary/aromatic N) is 1. The minimum atomic E-state index is -2.06. The van der Waals surface area contributed by atoms with Crippen LogP contribution in [0.15, 0.2) is 30.3 Å². The Bertz CT molecular complexity index is 2480. The SMILES string of the molecule is C=CCCC[C@@](C)(NC)C(=O)N[C@@H](N[C@H](C=O)CCCN=C(N)N)C(=O)N[C@@H](N[C@H](C=O)CC(C)C)C(=O)N[C@@H](N[C@H](C=O)CC(C)C)C(=O)N[C@](C)(CCCC=C)C(=O)N[C@@H](CCC(=O)O)C(=O)NC(C(=O)NCC(=O)NC(CC(=O)O)C(=O)NC)C(C)C. The van der Waals surface area contributed by atoms with Gasteiger partial charge in [0.05, 0.1) is 36.6 Å². The van der Waals surface area contributed by atoms with E-state index in [2.05, 4.69) is 87.3 Å². The molecule has 0 saturated carbocycles. The number of hydrogen-bond acceptors (Lipinski definition) is 19. The van der Waals surface area contributed by atoms with Crippen molar-refractivity contribution in [2.75, 3.05) is 27.2 Å². The number of amides is 9. The summed E-state index contributed by atoms with van der Waals surface area (Å²) in [5.41, 5.74) is 7.57. The number of carboxylic acid groups (broad SMARTS) is 2. The molecule has 9 amide bonds. The van der Waals surface area contributed by atoms with E-state index in [-0.39, 0.29) is 75.7 Å². The van der Waals surface area contributed by atoms with Gasteiger partial charge < -0.3 is 89.2 Å². The lowest BCUT2D eigenvalue weighted by atomic mass is 9.92. The molecule has 32 heteroatoms. The van der Waals surface area contributed by atoms with Crippen LogP contribution in [0.5, 0.6) is 0 Å². The molecule has 0 fully saturated rings. The van der Waals surface area contributed by atoms with Crippen molar-refractivity contribution in [1.82, 2.24) is 69.1 Å². The number of carboxylic acids is 2. The Balaban J connectivity index is 7.68. The third-order valence-electron chi connectivity index (χ3n) is 14.0. The Hall–Kier alpha value is -8.23. The van der Waals surface area contributed by atoms with Crippen LogP contribution < -0.4 is 80.6 Å². The van der Waals surface area contributed by atoms with E-state index < -0.39 is 163 Å². The molecule has 90 heavy (non-hydrogen) atoms. The summed E-state index contributed by atoms with van der Waals surface area (Å²) < 4.78 is 0. The predicted octanol–water partition coefficient (Wildman–Crippen LogP) is -3.19. The van der Waals surface area contributed by atoms with Crippen molar-refractivity contribution >= 4 is 89.9 Å². The predicted molar refractivity (Wildman–Crippen MR) is 333 cm³/mol. The number of carbonyl (C=O) groups excluding carboxylic acids is 12. The Morgan fingerprint density at radius 2 is 1.04 bits per heavy atom. The van der Waals surface area contributed by atoms with E-state index >= 15 is 0 Å². The molecule has 0 bridgehead atoms. The van der Waals surface area contributed by atoms with Crippen LogP contribution in [-0.4, -0.2) is 193 Å². The molecule has 0 spiro atoms. The molecule has 0 aliphatic rings. The summed E-state index contributed by atoms with van der Waals surface area (Å²) >= 11 is 0. The van der Waals surface area contributed by atoms with Crippen LogP contribution in [0.25, 0.3) is 0 Å². The highest BCUT2D eigenvalue weighted by atomic mass is 16.4. The third kappa shape index (κ3) is 31.8. The first-order valence-corrected chi connectivity index (χ1v) is 29.9. The summed E-state index contributed by atoms with van der Waals surface area (Å²) in [5, 5.41) is 52.1. The summed E-state index contributed by atoms with van der Waals surface area (Å²) in [6, 6.07) is -8.11. The summed E-state index contributed by atoms with van der Waals surface area (Å²) in [6.07, 6.45) is -1.14. The lowest BCUT2D eigenvalue weighted by molar-refractivity contribution is -0.140. The van der Waals surface area contributed by atoms with Gasteiger partial charge in [0.2, 0.25) is 35.4 Å². The van der Waals surface area contributed by atoms with Crippen LogP contribution in [0.1, 0.15) is 139 Å². The summed E-state index contributed by atoms with van der Waals surface area (Å²) in [5.74, 6) is -13.2. The maximum absolute atomic E-state index is 14.9. The standard InChI is InChI=1S/C58H100N16O16/c1-13-15-17-23-57(9,62-12)54(89)73-46(65-36(30-75)20-19-25-63-56(59)60)52(87)71-45(66-37(31-76)26-33(3)4)51(86)72-47(67-38(32-77)27-34(5)6)53(88)74-58(10,24-18-16-14-2)55(90)69-39(21-22-42(79)80)49(84)70-44(35(7)8)50(85)64-29-41(78)68-40(28-43(81)82)48(83)61-11/h13-14,30-40,44-47,62,65-67H,1-2,15-29H2,3-12H3,(H,61,83)(H,64,85)(H,68,78)(H,69,90)(H,70,84)(H,71,87)(H,72,86)(H,73,89)(H,74,88)(H,79,80)(H,81,82)(H4,59,60,63)/t36-,37-,38-,39-,40?,44?,45+,46+,47+,57+,58+/m0/s1. The van der Waals surface area contributed by atoms with E-state index in [4.69, 9.17) is 11.5 Å². The molecule has 508 valence electrons. The Kier molecular flexibility index (Phi) is 38.8. The Morgan fingerprint density at radius 3 is 1.49 bits per heavy atom. The largest absolute Gasteiger partial charge is 0.481 e. The quantitative estimate of drug-likeness (QED) is 0.00713. The van der Waals surface area contributed by atoms with Crippen LogP contribution in [0.4, 0.5) is 0 Å². The number of hydrogen-bond donors (Lipinski definition) is 17. The van der Waals surface area contributed by atoms with Gasteiger partial charge in [-0.3, -0.25) is 73.7 Å². The van der Waals surface area contributed by atoms with Crippen molar-refractivity contribution in [2.45, 2.75) is 205 Å². The zero-order valence-corrected chi connectivity index (χ0v) is 53.5. The van der Waals surface area contributed by atoms with Crippen LogP contribution in [0, 0.1) is 17.8 Å². The summed E-state index contributed by atoms with van der Waals surface area (Å²) in [7, 11) is 2.75. The minimum absolute atomic E-state index is 0.0503. The summed E-state index contributed by atoms with van der Waals surface area (Å²) in [4.78, 5) is 191. The molecule has 0 aromatic carbocycles. The third-order valence-corrected chi connectivity index (χ3v) is 14.0. The molecular weight excluding hydrogens is 1180 g/mol. The van der Waals surface area contributed by atoms with Crippen molar-refractivity contribution in [3.63, 3.8) is 0 Å². The van der Waals surface area contributed by atoms with E-state index in [0.717, 1.165) is 0 Å². The summed E-state index contributed by atoms with van der Waals surface area (Å²) in [6.45, 7) is 19.7. The fourth-order valence-electron chi connectivity index (χ4n) is 8.84. The number of guanidine groups is 1. The number of rotatable bonds is 49. The number of likely N-dealkylation sites (N-methyl/N-ethyl adjacent to an activating group) is 2. The van der Waals surface area contributed by atoms with Crippen LogP contribution in [0.3, 0.4) is 0 Å². The van der Waals surface area contributed by atoms with Gasteiger partial charge in [0.1, 0.15) is 42.5 Å². The molecule has 11 atom stereocenters. The molecule has 0 aliphatic heterocycles. The van der Waals surface area contributed by atoms with Gasteiger partial charge in [-0.05, 0) is 109 Å². The first-order valence-electron chi connectivity index (χ1n) is 29.9. The van der Waals surface area contributed by atoms with Crippen LogP contribution in [-0.2, 0) is 67.1 Å². The smallest absolute Gasteiger partial charge is 0.305 e. The maximum atomic E-state index is 14.9. The highest BCUT2D eigenvalue weighted by molar-refractivity contribution is 5.99. The Labute approximate surface area is 526 Å². The van der Waals surface area contributed by atoms with Crippen molar-refractivity contribution in [2.24, 2.45) is 34.2 Å². The molecule has 0 heterocycles. The lowest BCUT2D eigenvalue weighted by Crippen LogP contribution is -2.69. The van der Waals surface area contributed by atoms with Crippen molar-refractivity contribution in [1.29, 1.82) is 0 Å². The van der Waals surface area contributed by atoms with Gasteiger partial charge in [-0.25, -0.2) is 0 Å². The molecule has 0 aliphatic carbocycles. The number of nitrogens with two attached hydrogens (primary N) is 2. The van der Waals surface area contributed by atoms with Crippen molar-refractivity contribution in [3.8, 4) is 0 Å². The number of unbranched alkanes of at least 4 members (excludes halogenated alkanes) is 2. The van der Waals surface area contributed by atoms with E-state index in [1.165, 1.54) is 40.9 Å². The van der Waals surface area contributed by atoms with E-state index in [1.54, 1.807) is 40.7 Å². The number of nitrogens with one attached hydrogen (secondary N) is 13. The van der Waals surface area contributed by atoms with Crippen LogP contribution >= 0.6 is 0 Å². The van der Waals surface area contributed by atoms with Gasteiger partial charge in [-0.2, -0.15) is 0 Å². The molecule has 19 N–H and O–H groups in total. The van der Waals surface area contributed by atoms with Gasteiger partial charge in [-0.15, -0.1) is 13.2 Å². The lowest BCUT2D eigenvalue weighted by Gasteiger charge is -2.35. The number of aliphatic carboxylic acids is 2. The zero-order chi connectivity index (χ0) is 68.9. The fourth-order valence-corrected chi connectivity index (χ4v) is 8.84. The first-order chi connectivity index (χ1) is 42.2. The van der Waals surface area contributed by atoms with Gasteiger partial charge in [0.15, 0.2) is 24.5 Å².